The van der Waals surface area contributed by atoms with Crippen LogP contribution in [-0.2, 0) is 6.54 Å². The van der Waals surface area contributed by atoms with Gasteiger partial charge in [-0.05, 0) is 25.1 Å². The van der Waals surface area contributed by atoms with E-state index in [-0.39, 0.29) is 28.4 Å². The molecular formula is C19H17F2N3O4. The summed E-state index contributed by atoms with van der Waals surface area (Å²) in [4.78, 5) is 25.2. The lowest BCUT2D eigenvalue weighted by molar-refractivity contribution is -0.0511. The first-order valence-electron chi connectivity index (χ1n) is 8.38. The van der Waals surface area contributed by atoms with Crippen LogP contribution in [-0.4, -0.2) is 29.4 Å². The van der Waals surface area contributed by atoms with E-state index in [1.807, 2.05) is 0 Å². The molecule has 0 aliphatic rings. The van der Waals surface area contributed by atoms with Gasteiger partial charge in [0.25, 0.3) is 11.5 Å². The molecule has 0 aliphatic heterocycles. The van der Waals surface area contributed by atoms with Gasteiger partial charge in [0, 0.05) is 23.7 Å². The topological polar surface area (TPSA) is 82.5 Å². The molecule has 1 amide bonds. The average Bonchev–Trinajstić information content (AvgIpc) is 2.68. The van der Waals surface area contributed by atoms with E-state index in [9.17, 15) is 18.4 Å². The van der Waals surface area contributed by atoms with Gasteiger partial charge in [0.15, 0.2) is 17.2 Å². The molecule has 3 rings (SSSR count). The summed E-state index contributed by atoms with van der Waals surface area (Å²) in [5, 5.41) is 7.48. The standard InChI is InChI=1S/C19H17F2N3O4/c1-3-24-18(26)13-7-5-4-6-12(13)16(23-24)17(25)22-11-8-9-14(27-2)15(10-11)28-19(20)21/h4-10,19H,3H2,1-2H3,(H,22,25). The smallest absolute Gasteiger partial charge is 0.387 e. The number of methoxy groups -OCH3 is 1. The van der Waals surface area contributed by atoms with Crippen LogP contribution in [0.25, 0.3) is 10.8 Å². The maximum atomic E-state index is 12.8. The van der Waals surface area contributed by atoms with Crippen molar-refractivity contribution in [3.63, 3.8) is 0 Å². The first-order valence-corrected chi connectivity index (χ1v) is 8.38. The van der Waals surface area contributed by atoms with Crippen LogP contribution in [0.5, 0.6) is 11.5 Å². The van der Waals surface area contributed by atoms with Crippen LogP contribution in [0.1, 0.15) is 17.4 Å². The molecule has 9 heteroatoms. The Morgan fingerprint density at radius 3 is 2.54 bits per heavy atom. The van der Waals surface area contributed by atoms with E-state index in [0.717, 1.165) is 0 Å². The van der Waals surface area contributed by atoms with Gasteiger partial charge in [0.05, 0.1) is 12.5 Å². The maximum Gasteiger partial charge on any atom is 0.387 e. The Morgan fingerprint density at radius 1 is 1.18 bits per heavy atom. The van der Waals surface area contributed by atoms with Crippen molar-refractivity contribution in [2.75, 3.05) is 12.4 Å². The summed E-state index contributed by atoms with van der Waals surface area (Å²) in [6.45, 7) is -1.01. The maximum absolute atomic E-state index is 12.8. The predicted molar refractivity (Wildman–Crippen MR) is 99.3 cm³/mol. The Morgan fingerprint density at radius 2 is 1.89 bits per heavy atom. The number of carbonyl (C=O) groups excluding carboxylic acids is 1. The molecule has 28 heavy (non-hydrogen) atoms. The minimum atomic E-state index is -3.04. The third-order valence-corrected chi connectivity index (χ3v) is 4.02. The summed E-state index contributed by atoms with van der Waals surface area (Å²) >= 11 is 0. The number of nitrogens with zero attached hydrogens (tertiary/aromatic N) is 2. The number of nitrogens with one attached hydrogen (secondary N) is 1. The number of hydrogen-bond acceptors (Lipinski definition) is 5. The fraction of sp³-hybridized carbons (Fsp3) is 0.211. The van der Waals surface area contributed by atoms with E-state index in [1.165, 1.54) is 30.0 Å². The van der Waals surface area contributed by atoms with Crippen LogP contribution in [0.15, 0.2) is 47.3 Å². The number of carbonyl (C=O) groups is 1. The summed E-state index contributed by atoms with van der Waals surface area (Å²) < 4.78 is 35.7. The number of halogens is 2. The molecule has 0 fully saturated rings. The highest BCUT2D eigenvalue weighted by Gasteiger charge is 2.18. The molecule has 7 nitrogen and oxygen atoms in total. The number of ether oxygens (including phenoxy) is 2. The van der Waals surface area contributed by atoms with Crippen LogP contribution < -0.4 is 20.3 Å². The molecule has 0 unspecified atom stereocenters. The van der Waals surface area contributed by atoms with E-state index in [0.29, 0.717) is 17.3 Å². The first kappa shape index (κ1) is 19.3. The quantitative estimate of drug-likeness (QED) is 0.700. The molecular weight excluding hydrogens is 372 g/mol. The number of fused-ring (bicyclic) bond motifs is 1. The number of benzene rings is 2. The van der Waals surface area contributed by atoms with Gasteiger partial charge in [0.1, 0.15) is 0 Å². The molecule has 0 saturated heterocycles. The lowest BCUT2D eigenvalue weighted by atomic mass is 10.1. The second kappa shape index (κ2) is 8.03. The van der Waals surface area contributed by atoms with Gasteiger partial charge < -0.3 is 14.8 Å². The number of anilines is 1. The van der Waals surface area contributed by atoms with Crippen LogP contribution in [0.3, 0.4) is 0 Å². The van der Waals surface area contributed by atoms with Crippen molar-refractivity contribution in [2.45, 2.75) is 20.1 Å². The molecule has 0 atom stereocenters. The Balaban J connectivity index is 2.00. The number of amides is 1. The Labute approximate surface area is 158 Å². The highest BCUT2D eigenvalue weighted by molar-refractivity contribution is 6.11. The summed E-state index contributed by atoms with van der Waals surface area (Å²) in [6.07, 6.45) is 0. The van der Waals surface area contributed by atoms with Gasteiger partial charge in [-0.3, -0.25) is 9.59 Å². The Bertz CT molecular complexity index is 1080. The summed E-state index contributed by atoms with van der Waals surface area (Å²) in [6, 6.07) is 10.7. The van der Waals surface area contributed by atoms with Crippen molar-refractivity contribution in [1.29, 1.82) is 0 Å². The number of aryl methyl sites for hydroxylation is 1. The van der Waals surface area contributed by atoms with Crippen molar-refractivity contribution >= 4 is 22.4 Å². The van der Waals surface area contributed by atoms with Crippen molar-refractivity contribution in [3.05, 3.63) is 58.5 Å². The number of rotatable bonds is 6. The van der Waals surface area contributed by atoms with Crippen molar-refractivity contribution in [3.8, 4) is 11.5 Å². The largest absolute Gasteiger partial charge is 0.493 e. The highest BCUT2D eigenvalue weighted by atomic mass is 19.3. The molecule has 0 aliphatic carbocycles. The molecule has 0 radical (unpaired) electrons. The summed E-state index contributed by atoms with van der Waals surface area (Å²) in [5.74, 6) is -0.709. The van der Waals surface area contributed by atoms with Crippen molar-refractivity contribution in [2.24, 2.45) is 0 Å². The van der Waals surface area contributed by atoms with Crippen LogP contribution in [0.4, 0.5) is 14.5 Å². The van der Waals surface area contributed by atoms with Crippen LogP contribution in [0.2, 0.25) is 0 Å². The molecule has 2 aromatic carbocycles. The fourth-order valence-electron chi connectivity index (χ4n) is 2.75. The van der Waals surface area contributed by atoms with Gasteiger partial charge in [-0.25, -0.2) is 4.68 Å². The minimum Gasteiger partial charge on any atom is -0.493 e. The van der Waals surface area contributed by atoms with Crippen molar-refractivity contribution < 1.29 is 23.0 Å². The van der Waals surface area contributed by atoms with E-state index >= 15 is 0 Å². The number of alkyl halides is 2. The summed E-state index contributed by atoms with van der Waals surface area (Å²) in [7, 11) is 1.32. The normalized spacial score (nSPS) is 10.9. The fourth-order valence-corrected chi connectivity index (χ4v) is 2.75. The zero-order chi connectivity index (χ0) is 20.3. The van der Waals surface area contributed by atoms with Gasteiger partial charge in [-0.2, -0.15) is 13.9 Å². The minimum absolute atomic E-state index is 0.0456. The van der Waals surface area contributed by atoms with Crippen LogP contribution >= 0.6 is 0 Å². The number of aromatic nitrogens is 2. The van der Waals surface area contributed by atoms with E-state index in [4.69, 9.17) is 4.74 Å². The Kier molecular flexibility index (Phi) is 5.53. The number of hydrogen-bond donors (Lipinski definition) is 1. The van der Waals surface area contributed by atoms with Crippen molar-refractivity contribution in [1.82, 2.24) is 9.78 Å². The zero-order valence-electron chi connectivity index (χ0n) is 15.1. The highest BCUT2D eigenvalue weighted by Crippen LogP contribution is 2.31. The molecule has 0 bridgehead atoms. The average molecular weight is 389 g/mol. The molecule has 146 valence electrons. The lowest BCUT2D eigenvalue weighted by Crippen LogP contribution is -2.27. The second-order valence-electron chi connectivity index (χ2n) is 5.71. The molecule has 1 N–H and O–H groups in total. The summed E-state index contributed by atoms with van der Waals surface area (Å²) in [5.41, 5.74) is -0.0440. The van der Waals surface area contributed by atoms with E-state index in [1.54, 1.807) is 31.2 Å². The Hall–Kier alpha value is -3.49. The zero-order valence-corrected chi connectivity index (χ0v) is 15.1. The lowest BCUT2D eigenvalue weighted by Gasteiger charge is -2.13. The van der Waals surface area contributed by atoms with Gasteiger partial charge in [-0.15, -0.1) is 0 Å². The van der Waals surface area contributed by atoms with Gasteiger partial charge >= 0.3 is 6.61 Å². The first-order chi connectivity index (χ1) is 13.4. The molecule has 1 aromatic heterocycles. The SMILES string of the molecule is CCn1nc(C(=O)Nc2ccc(OC)c(OC(F)F)c2)c2ccccc2c1=O. The third kappa shape index (κ3) is 3.78. The predicted octanol–water partition coefficient (Wildman–Crippen LogP) is 3.28. The second-order valence-corrected chi connectivity index (χ2v) is 5.71. The van der Waals surface area contributed by atoms with E-state index in [2.05, 4.69) is 15.2 Å². The molecule has 0 saturated carbocycles. The van der Waals surface area contributed by atoms with Gasteiger partial charge in [0.2, 0.25) is 0 Å². The molecule has 0 spiro atoms. The molecule has 3 aromatic rings. The molecule has 1 heterocycles. The monoisotopic (exact) mass is 389 g/mol. The third-order valence-electron chi connectivity index (χ3n) is 4.02. The van der Waals surface area contributed by atoms with Gasteiger partial charge in [-0.1, -0.05) is 18.2 Å². The van der Waals surface area contributed by atoms with E-state index < -0.39 is 12.5 Å². The van der Waals surface area contributed by atoms with Crippen LogP contribution in [0, 0.1) is 0 Å².